The second kappa shape index (κ2) is 11.6. The molecule has 2 aliphatic rings. The summed E-state index contributed by atoms with van der Waals surface area (Å²) in [6.07, 6.45) is 2.10. The maximum absolute atomic E-state index is 13.2. The third kappa shape index (κ3) is 6.30. The van der Waals surface area contributed by atoms with Crippen LogP contribution in [0.2, 0.25) is 10.0 Å². The fourth-order valence-corrected chi connectivity index (χ4v) is 5.50. The van der Waals surface area contributed by atoms with Crippen molar-refractivity contribution in [1.29, 1.82) is 0 Å². The summed E-state index contributed by atoms with van der Waals surface area (Å²) < 4.78 is 30.6. The van der Waals surface area contributed by atoms with Crippen molar-refractivity contribution in [3.63, 3.8) is 0 Å². The van der Waals surface area contributed by atoms with Gasteiger partial charge in [0, 0.05) is 35.4 Å². The van der Waals surface area contributed by atoms with Gasteiger partial charge >= 0.3 is 0 Å². The van der Waals surface area contributed by atoms with Crippen LogP contribution in [-0.4, -0.2) is 58.6 Å². The molecule has 0 saturated carbocycles. The van der Waals surface area contributed by atoms with Crippen molar-refractivity contribution in [3.05, 3.63) is 51.6 Å². The number of nitrogens with one attached hydrogen (secondary N) is 2. The molecule has 1 aromatic heterocycles. The van der Waals surface area contributed by atoms with Crippen LogP contribution in [0, 0.1) is 0 Å². The minimum Gasteiger partial charge on any atom is -0.476 e. The smallest absolute Gasteiger partial charge is 0.263 e. The Morgan fingerprint density at radius 2 is 1.87 bits per heavy atom. The second-order valence-electron chi connectivity index (χ2n) is 10.1. The molecule has 38 heavy (non-hydrogen) atoms. The molecular weight excluding hydrogens is 541 g/mol. The number of aliphatic hydroxyl groups excluding tert-OH is 1. The number of fused-ring (bicyclic) bond motifs is 2. The average Bonchev–Trinajstić information content (AvgIpc) is 3.14. The minimum atomic E-state index is -2.62. The zero-order valence-corrected chi connectivity index (χ0v) is 22.5. The molecule has 2 aliphatic heterocycles. The number of halogens is 4. The largest absolute Gasteiger partial charge is 0.476 e. The first-order valence-electron chi connectivity index (χ1n) is 12.4. The van der Waals surface area contributed by atoms with Crippen LogP contribution in [0.5, 0.6) is 5.75 Å². The van der Waals surface area contributed by atoms with E-state index in [1.54, 1.807) is 26.0 Å². The van der Waals surface area contributed by atoms with Gasteiger partial charge in [-0.3, -0.25) is 9.59 Å². The highest BCUT2D eigenvalue weighted by Crippen LogP contribution is 2.39. The summed E-state index contributed by atoms with van der Waals surface area (Å²) in [6, 6.07) is 6.58. The maximum atomic E-state index is 13.2. The van der Waals surface area contributed by atoms with E-state index in [0.717, 1.165) is 12.8 Å². The first kappa shape index (κ1) is 28.3. The molecule has 0 spiro atoms. The number of aliphatic hydroxyl groups is 1. The Kier molecular flexibility index (Phi) is 8.64. The highest BCUT2D eigenvalue weighted by Gasteiger charge is 2.43. The number of nitrogens with zero attached hydrogens (tertiary/aromatic N) is 2. The number of anilines is 1. The van der Waals surface area contributed by atoms with Crippen molar-refractivity contribution in [2.45, 2.75) is 76.3 Å². The van der Waals surface area contributed by atoms with Gasteiger partial charge in [-0.2, -0.15) is 0 Å². The molecule has 206 valence electrons. The van der Waals surface area contributed by atoms with Gasteiger partial charge in [0.05, 0.1) is 23.7 Å². The lowest BCUT2D eigenvalue weighted by Gasteiger charge is -2.40. The monoisotopic (exact) mass is 570 g/mol. The first-order chi connectivity index (χ1) is 18.0. The number of pyridine rings is 1. The molecule has 1 aromatic carbocycles. The molecule has 3 atom stereocenters. The molecule has 2 fully saturated rings. The summed E-state index contributed by atoms with van der Waals surface area (Å²) in [4.78, 5) is 31.8. The Labute approximate surface area is 229 Å². The van der Waals surface area contributed by atoms with Crippen molar-refractivity contribution < 1.29 is 28.2 Å². The zero-order valence-electron chi connectivity index (χ0n) is 21.0. The van der Waals surface area contributed by atoms with E-state index in [1.807, 2.05) is 0 Å². The van der Waals surface area contributed by atoms with Gasteiger partial charge in [-0.25, -0.2) is 13.8 Å². The van der Waals surface area contributed by atoms with Gasteiger partial charge in [-0.05, 0) is 63.3 Å². The van der Waals surface area contributed by atoms with E-state index in [4.69, 9.17) is 27.9 Å². The Morgan fingerprint density at radius 1 is 1.18 bits per heavy atom. The highest BCUT2D eigenvalue weighted by molar-refractivity contribution is 6.34. The molecule has 0 aliphatic carbocycles. The third-order valence-corrected chi connectivity index (χ3v) is 7.59. The number of amides is 2. The summed E-state index contributed by atoms with van der Waals surface area (Å²) in [5.74, 6) is 0.0908. The number of hydrogen-bond donors (Lipinski definition) is 3. The number of carbonyl (C=O) groups excluding carboxylic acids is 2. The van der Waals surface area contributed by atoms with Crippen molar-refractivity contribution in [1.82, 2.24) is 15.6 Å². The van der Waals surface area contributed by atoms with Crippen LogP contribution in [0.25, 0.3) is 0 Å². The molecule has 0 radical (unpaired) electrons. The molecule has 8 nitrogen and oxygen atoms in total. The Morgan fingerprint density at radius 3 is 2.45 bits per heavy atom. The predicted octanol–water partition coefficient (Wildman–Crippen LogP) is 4.35. The first-order valence-corrected chi connectivity index (χ1v) is 13.1. The molecule has 2 bridgehead atoms. The molecule has 2 amide bonds. The molecule has 3 heterocycles. The molecule has 2 aromatic rings. The van der Waals surface area contributed by atoms with Crippen molar-refractivity contribution in [2.75, 3.05) is 11.4 Å². The van der Waals surface area contributed by atoms with Crippen LogP contribution in [0.1, 0.15) is 55.5 Å². The van der Waals surface area contributed by atoms with Crippen LogP contribution in [0.4, 0.5) is 14.6 Å². The number of aromatic nitrogens is 1. The number of alkyl halides is 2. The highest BCUT2D eigenvalue weighted by atomic mass is 35.5. The molecular formula is C26H30Cl2F2N4O4. The van der Waals surface area contributed by atoms with E-state index in [-0.39, 0.29) is 47.0 Å². The van der Waals surface area contributed by atoms with Gasteiger partial charge in [-0.15, -0.1) is 0 Å². The van der Waals surface area contributed by atoms with E-state index in [1.165, 1.54) is 18.3 Å². The van der Waals surface area contributed by atoms with E-state index >= 15 is 0 Å². The number of hydrogen-bond acceptors (Lipinski definition) is 6. The van der Waals surface area contributed by atoms with Gasteiger partial charge in [-0.1, -0.05) is 23.2 Å². The van der Waals surface area contributed by atoms with Crippen molar-refractivity contribution >= 4 is 40.8 Å². The molecule has 4 rings (SSSR count). The molecule has 12 heteroatoms. The van der Waals surface area contributed by atoms with Gasteiger partial charge in [0.15, 0.2) is 5.60 Å². The lowest BCUT2D eigenvalue weighted by atomic mass is 9.96. The normalized spacial score (nSPS) is 20.9. The number of piperidine rings is 1. The van der Waals surface area contributed by atoms with Gasteiger partial charge < -0.3 is 25.4 Å². The van der Waals surface area contributed by atoms with E-state index < -0.39 is 24.5 Å². The topological polar surface area (TPSA) is 104 Å². The summed E-state index contributed by atoms with van der Waals surface area (Å²) in [6.45, 7) is 2.33. The minimum absolute atomic E-state index is 0.0608. The lowest BCUT2D eigenvalue weighted by Crippen LogP contribution is -2.55. The third-order valence-electron chi connectivity index (χ3n) is 6.94. The summed E-state index contributed by atoms with van der Waals surface area (Å²) in [5.41, 5.74) is -0.544. The molecule has 2 saturated heterocycles. The van der Waals surface area contributed by atoms with Gasteiger partial charge in [0.25, 0.3) is 18.2 Å². The molecule has 1 unspecified atom stereocenters. The summed E-state index contributed by atoms with van der Waals surface area (Å²) in [7, 11) is 0. The van der Waals surface area contributed by atoms with E-state index in [9.17, 15) is 23.5 Å². The SMILES string of the molecule is CC(C)(Oc1cc(Cl)c(CO)cc1Cl)C(=O)NC1C[C@H]2CC[C@@H](C1)N2c1ccc(C(=O)NCC(F)F)cn1. The number of ether oxygens (including phenoxy) is 1. The van der Waals surface area contributed by atoms with Crippen LogP contribution in [0.3, 0.4) is 0 Å². The predicted molar refractivity (Wildman–Crippen MR) is 140 cm³/mol. The number of rotatable bonds is 9. The van der Waals surface area contributed by atoms with Crippen LogP contribution < -0.4 is 20.3 Å². The van der Waals surface area contributed by atoms with Gasteiger partial charge in [0.2, 0.25) is 0 Å². The van der Waals surface area contributed by atoms with Crippen LogP contribution in [0.15, 0.2) is 30.5 Å². The maximum Gasteiger partial charge on any atom is 0.263 e. The van der Waals surface area contributed by atoms with Gasteiger partial charge in [0.1, 0.15) is 11.6 Å². The Bertz CT molecular complexity index is 1170. The lowest BCUT2D eigenvalue weighted by molar-refractivity contribution is -0.135. The summed E-state index contributed by atoms with van der Waals surface area (Å²) >= 11 is 12.4. The van der Waals surface area contributed by atoms with Crippen molar-refractivity contribution in [3.8, 4) is 5.75 Å². The van der Waals surface area contributed by atoms with E-state index in [2.05, 4.69) is 20.5 Å². The van der Waals surface area contributed by atoms with Crippen LogP contribution in [-0.2, 0) is 11.4 Å². The van der Waals surface area contributed by atoms with Crippen molar-refractivity contribution in [2.24, 2.45) is 0 Å². The fraction of sp³-hybridized carbons (Fsp3) is 0.500. The second-order valence-corrected chi connectivity index (χ2v) is 10.9. The number of carbonyl (C=O) groups is 2. The summed E-state index contributed by atoms with van der Waals surface area (Å²) in [5, 5.41) is 15.2. The Balaban J connectivity index is 1.37. The molecule has 3 N–H and O–H groups in total. The Hall–Kier alpha value is -2.69. The number of benzene rings is 1. The zero-order chi connectivity index (χ0) is 27.6. The van der Waals surface area contributed by atoms with Crippen LogP contribution >= 0.6 is 23.2 Å². The van der Waals surface area contributed by atoms with E-state index in [0.29, 0.717) is 29.2 Å². The standard InChI is InChI=1S/C26H30Cl2F2N4O4/c1-26(2,38-21-10-19(27)15(13-35)7-20(21)28)25(37)33-16-8-17-4-5-18(9-16)34(17)23-6-3-14(11-31-23)24(36)32-12-22(29)30/h3,6-7,10-11,16-18,22,35H,4-5,8-9,12-13H2,1-2H3,(H,32,36)(H,33,37)/t16?,17-,18+. The average molecular weight is 571 g/mol. The fourth-order valence-electron chi connectivity index (χ4n) is 5.06. The quantitative estimate of drug-likeness (QED) is 0.414.